The average molecular weight is 295 g/mol. The molecule has 2 heterocycles. The van der Waals surface area contributed by atoms with Gasteiger partial charge in [-0.05, 0) is 19.3 Å². The molecular weight excluding hydrogens is 274 g/mol. The molecule has 1 aromatic rings. The minimum Gasteiger partial charge on any atom is -0.342 e. The number of hydrogen-bond donors (Lipinski definition) is 1. The van der Waals surface area contributed by atoms with Crippen LogP contribution in [0.2, 0.25) is 0 Å². The highest BCUT2D eigenvalue weighted by molar-refractivity contribution is 7.09. The zero-order valence-electron chi connectivity index (χ0n) is 12.6. The van der Waals surface area contributed by atoms with Crippen LogP contribution >= 0.6 is 11.3 Å². The quantitative estimate of drug-likeness (QED) is 0.903. The third-order valence-corrected chi connectivity index (χ3v) is 4.35. The summed E-state index contributed by atoms with van der Waals surface area (Å²) in [6.07, 6.45) is 0. The first-order valence-electron chi connectivity index (χ1n) is 6.72. The summed E-state index contributed by atoms with van der Waals surface area (Å²) in [6, 6.07) is -0.936. The Balaban J connectivity index is 2.24. The Bertz CT molecular complexity index is 533. The van der Waals surface area contributed by atoms with E-state index in [0.717, 1.165) is 10.7 Å². The van der Waals surface area contributed by atoms with E-state index in [-0.39, 0.29) is 17.2 Å². The lowest BCUT2D eigenvalue weighted by molar-refractivity contribution is -0.152. The minimum absolute atomic E-state index is 0.0322. The van der Waals surface area contributed by atoms with Gasteiger partial charge in [0.25, 0.3) is 0 Å². The van der Waals surface area contributed by atoms with E-state index in [1.807, 2.05) is 33.1 Å². The lowest BCUT2D eigenvalue weighted by Crippen LogP contribution is -2.65. The lowest BCUT2D eigenvalue weighted by Gasteiger charge is -2.42. The molecule has 1 fully saturated rings. The fourth-order valence-corrected chi connectivity index (χ4v) is 2.88. The van der Waals surface area contributed by atoms with Gasteiger partial charge in [0.05, 0.1) is 17.2 Å². The van der Waals surface area contributed by atoms with Gasteiger partial charge in [-0.3, -0.25) is 9.59 Å². The molecule has 1 N–H and O–H groups in total. The van der Waals surface area contributed by atoms with Crippen LogP contribution in [-0.4, -0.2) is 33.8 Å². The van der Waals surface area contributed by atoms with Gasteiger partial charge in [0.1, 0.15) is 12.1 Å². The summed E-state index contributed by atoms with van der Waals surface area (Å²) < 4.78 is 0. The summed E-state index contributed by atoms with van der Waals surface area (Å²) in [5.41, 5.74) is 0.540. The highest BCUT2D eigenvalue weighted by Gasteiger charge is 2.43. The van der Waals surface area contributed by atoms with Crippen molar-refractivity contribution < 1.29 is 9.59 Å². The molecule has 2 rings (SSSR count). The third kappa shape index (κ3) is 2.85. The van der Waals surface area contributed by atoms with E-state index in [4.69, 9.17) is 0 Å². The van der Waals surface area contributed by atoms with E-state index in [0.29, 0.717) is 6.54 Å². The molecule has 5 nitrogen and oxygen atoms in total. The van der Waals surface area contributed by atoms with E-state index >= 15 is 0 Å². The summed E-state index contributed by atoms with van der Waals surface area (Å²) in [4.78, 5) is 30.7. The predicted octanol–water partition coefficient (Wildman–Crippen LogP) is 1.71. The van der Waals surface area contributed by atoms with Gasteiger partial charge in [-0.2, -0.15) is 0 Å². The molecule has 1 aliphatic rings. The maximum absolute atomic E-state index is 12.6. The van der Waals surface area contributed by atoms with Crippen molar-refractivity contribution in [3.8, 4) is 0 Å². The smallest absolute Gasteiger partial charge is 0.246 e. The second kappa shape index (κ2) is 5.16. The standard InChI is InChI=1S/C14H21N3O2S/c1-8-12(18)16-11(14(3,4)5)13(19)17(8)6-10-7-20-9(2)15-10/h7-8,11H,6H2,1-5H3,(H,16,18). The van der Waals surface area contributed by atoms with Crippen LogP contribution < -0.4 is 5.32 Å². The number of piperazine rings is 1. The fourth-order valence-electron chi connectivity index (χ4n) is 2.28. The number of thiazole rings is 1. The lowest BCUT2D eigenvalue weighted by atomic mass is 9.84. The first kappa shape index (κ1) is 15.0. The highest BCUT2D eigenvalue weighted by Crippen LogP contribution is 2.26. The number of carbonyl (C=O) groups is 2. The van der Waals surface area contributed by atoms with Crippen molar-refractivity contribution >= 4 is 23.2 Å². The maximum Gasteiger partial charge on any atom is 0.246 e. The van der Waals surface area contributed by atoms with E-state index in [9.17, 15) is 9.59 Å². The monoisotopic (exact) mass is 295 g/mol. The van der Waals surface area contributed by atoms with Crippen LogP contribution in [-0.2, 0) is 16.1 Å². The minimum atomic E-state index is -0.481. The first-order chi connectivity index (χ1) is 9.20. The number of aryl methyl sites for hydroxylation is 1. The summed E-state index contributed by atoms with van der Waals surface area (Å²) in [7, 11) is 0. The van der Waals surface area contributed by atoms with Crippen molar-refractivity contribution in [1.82, 2.24) is 15.2 Å². The van der Waals surface area contributed by atoms with Gasteiger partial charge in [-0.15, -0.1) is 11.3 Å². The summed E-state index contributed by atoms with van der Waals surface area (Å²) >= 11 is 1.55. The Morgan fingerprint density at radius 1 is 1.40 bits per heavy atom. The highest BCUT2D eigenvalue weighted by atomic mass is 32.1. The van der Waals surface area contributed by atoms with E-state index in [1.54, 1.807) is 23.2 Å². The Kier molecular flexibility index (Phi) is 3.86. The number of amides is 2. The number of carbonyl (C=O) groups excluding carboxylic acids is 2. The molecule has 0 radical (unpaired) electrons. The van der Waals surface area contributed by atoms with Crippen LogP contribution in [0.15, 0.2) is 5.38 Å². The van der Waals surface area contributed by atoms with Crippen LogP contribution in [0.3, 0.4) is 0 Å². The molecule has 110 valence electrons. The van der Waals surface area contributed by atoms with E-state index < -0.39 is 12.1 Å². The summed E-state index contributed by atoms with van der Waals surface area (Å²) in [6.45, 7) is 9.95. The van der Waals surface area contributed by atoms with Crippen LogP contribution in [0.5, 0.6) is 0 Å². The fraction of sp³-hybridized carbons (Fsp3) is 0.643. The Morgan fingerprint density at radius 3 is 2.55 bits per heavy atom. The molecule has 2 amide bonds. The third-order valence-electron chi connectivity index (χ3n) is 3.53. The van der Waals surface area contributed by atoms with Crippen LogP contribution in [0.4, 0.5) is 0 Å². The molecule has 0 aliphatic carbocycles. The second-order valence-electron chi connectivity index (χ2n) is 6.31. The molecule has 2 unspecified atom stereocenters. The normalized spacial score (nSPS) is 23.9. The number of aromatic nitrogens is 1. The van der Waals surface area contributed by atoms with E-state index in [2.05, 4.69) is 10.3 Å². The molecule has 20 heavy (non-hydrogen) atoms. The van der Waals surface area contributed by atoms with Gasteiger partial charge in [0, 0.05) is 5.38 Å². The molecule has 0 saturated carbocycles. The number of rotatable bonds is 2. The second-order valence-corrected chi connectivity index (χ2v) is 7.37. The molecular formula is C14H21N3O2S. The van der Waals surface area contributed by atoms with Gasteiger partial charge >= 0.3 is 0 Å². The van der Waals surface area contributed by atoms with Crippen LogP contribution in [0.25, 0.3) is 0 Å². The van der Waals surface area contributed by atoms with Crippen molar-refractivity contribution in [2.75, 3.05) is 0 Å². The zero-order chi connectivity index (χ0) is 15.1. The molecule has 6 heteroatoms. The largest absolute Gasteiger partial charge is 0.342 e. The summed E-state index contributed by atoms with van der Waals surface area (Å²) in [5, 5.41) is 5.73. The van der Waals surface area contributed by atoms with E-state index in [1.165, 1.54) is 0 Å². The number of nitrogens with one attached hydrogen (secondary N) is 1. The topological polar surface area (TPSA) is 62.3 Å². The van der Waals surface area contributed by atoms with Gasteiger partial charge in [0.15, 0.2) is 0 Å². The van der Waals surface area contributed by atoms with Crippen molar-refractivity contribution in [3.63, 3.8) is 0 Å². The first-order valence-corrected chi connectivity index (χ1v) is 7.60. The van der Waals surface area contributed by atoms with Crippen molar-refractivity contribution in [1.29, 1.82) is 0 Å². The molecule has 1 aromatic heterocycles. The molecule has 0 aromatic carbocycles. The van der Waals surface area contributed by atoms with Crippen molar-refractivity contribution in [2.45, 2.75) is 53.2 Å². The van der Waals surface area contributed by atoms with Crippen molar-refractivity contribution in [2.24, 2.45) is 5.41 Å². The van der Waals surface area contributed by atoms with Gasteiger partial charge in [-0.1, -0.05) is 20.8 Å². The number of hydrogen-bond acceptors (Lipinski definition) is 4. The molecule has 0 spiro atoms. The Morgan fingerprint density at radius 2 is 2.05 bits per heavy atom. The SMILES string of the molecule is Cc1nc(CN2C(=O)C(C(C)(C)C)NC(=O)C2C)cs1. The molecule has 1 saturated heterocycles. The van der Waals surface area contributed by atoms with Gasteiger partial charge in [-0.25, -0.2) is 4.98 Å². The van der Waals surface area contributed by atoms with Crippen molar-refractivity contribution in [3.05, 3.63) is 16.1 Å². The molecule has 1 aliphatic heterocycles. The van der Waals surface area contributed by atoms with Crippen LogP contribution in [0.1, 0.15) is 38.4 Å². The molecule has 2 atom stereocenters. The average Bonchev–Trinajstić information content (AvgIpc) is 2.73. The maximum atomic E-state index is 12.6. The Hall–Kier alpha value is -1.43. The zero-order valence-corrected chi connectivity index (χ0v) is 13.4. The van der Waals surface area contributed by atoms with Gasteiger partial charge < -0.3 is 10.2 Å². The predicted molar refractivity (Wildman–Crippen MR) is 78.2 cm³/mol. The summed E-state index contributed by atoms with van der Waals surface area (Å²) in [5.74, 6) is -0.133. The van der Waals surface area contributed by atoms with Crippen LogP contribution in [0, 0.1) is 12.3 Å². The van der Waals surface area contributed by atoms with Gasteiger partial charge in [0.2, 0.25) is 11.8 Å². The number of nitrogens with zero attached hydrogens (tertiary/aromatic N) is 2. The molecule has 0 bridgehead atoms. The Labute approximate surface area is 123 Å².